The Hall–Kier alpha value is -1.06. The molecular formula is C11H14ClNO2. The number of carbonyl (C=O) groups excluding carboxylic acids is 1. The van der Waals surface area contributed by atoms with Crippen LogP contribution in [-0.4, -0.2) is 29.5 Å². The Labute approximate surface area is 94.1 Å². The van der Waals surface area contributed by atoms with Crippen molar-refractivity contribution >= 4 is 17.5 Å². The first-order chi connectivity index (χ1) is 7.26. The third kappa shape index (κ3) is 4.32. The normalized spacial score (nSPS) is 12.1. The molecule has 0 fully saturated rings. The van der Waals surface area contributed by atoms with Gasteiger partial charge in [0.25, 0.3) is 0 Å². The zero-order chi connectivity index (χ0) is 11.1. The molecule has 0 saturated heterocycles. The number of benzene rings is 1. The second kappa shape index (κ2) is 6.43. The molecule has 0 heterocycles. The summed E-state index contributed by atoms with van der Waals surface area (Å²) >= 11 is 5.36. The molecule has 0 radical (unpaired) electrons. The summed E-state index contributed by atoms with van der Waals surface area (Å²) in [6.45, 7) is -0.0858. The molecule has 0 aliphatic carbocycles. The van der Waals surface area contributed by atoms with Gasteiger partial charge in [-0.25, -0.2) is 0 Å². The molecule has 1 unspecified atom stereocenters. The summed E-state index contributed by atoms with van der Waals surface area (Å²) in [6.07, 6.45) is 0.611. The van der Waals surface area contributed by atoms with Crippen LogP contribution >= 0.6 is 11.6 Å². The first-order valence-electron chi connectivity index (χ1n) is 4.76. The highest BCUT2D eigenvalue weighted by Gasteiger charge is 2.10. The van der Waals surface area contributed by atoms with Crippen LogP contribution in [-0.2, 0) is 11.2 Å². The molecule has 3 nitrogen and oxygen atoms in total. The van der Waals surface area contributed by atoms with Gasteiger partial charge in [-0.05, 0) is 12.0 Å². The fourth-order valence-electron chi connectivity index (χ4n) is 1.33. The summed E-state index contributed by atoms with van der Waals surface area (Å²) in [6, 6.07) is 9.42. The van der Waals surface area contributed by atoms with Gasteiger partial charge in [0.1, 0.15) is 5.88 Å². The highest BCUT2D eigenvalue weighted by molar-refractivity contribution is 6.27. The quantitative estimate of drug-likeness (QED) is 0.736. The second-order valence-electron chi connectivity index (χ2n) is 3.27. The van der Waals surface area contributed by atoms with E-state index in [1.54, 1.807) is 0 Å². The summed E-state index contributed by atoms with van der Waals surface area (Å²) in [7, 11) is 0. The lowest BCUT2D eigenvalue weighted by Gasteiger charge is -2.15. The Morgan fingerprint density at radius 1 is 1.40 bits per heavy atom. The smallest absolute Gasteiger partial charge is 0.235 e. The molecule has 1 atom stereocenters. The van der Waals surface area contributed by atoms with E-state index < -0.39 is 0 Å². The van der Waals surface area contributed by atoms with Crippen molar-refractivity contribution < 1.29 is 9.90 Å². The SMILES string of the molecule is O=C(CCl)NC(CO)Cc1ccccc1. The predicted molar refractivity (Wildman–Crippen MR) is 59.9 cm³/mol. The lowest BCUT2D eigenvalue weighted by atomic mass is 10.1. The van der Waals surface area contributed by atoms with Gasteiger partial charge < -0.3 is 10.4 Å². The first kappa shape index (κ1) is 12.0. The standard InChI is InChI=1S/C11H14ClNO2/c12-7-11(15)13-10(8-14)6-9-4-2-1-3-5-9/h1-5,10,14H,6-8H2,(H,13,15). The van der Waals surface area contributed by atoms with Gasteiger partial charge in [0.2, 0.25) is 5.91 Å². The van der Waals surface area contributed by atoms with Gasteiger partial charge in [-0.2, -0.15) is 0 Å². The maximum atomic E-state index is 11.0. The molecule has 0 spiro atoms. The van der Waals surface area contributed by atoms with Crippen molar-refractivity contribution in [1.82, 2.24) is 5.32 Å². The number of amides is 1. The Balaban J connectivity index is 2.50. The molecule has 82 valence electrons. The number of hydrogen-bond donors (Lipinski definition) is 2. The highest BCUT2D eigenvalue weighted by Crippen LogP contribution is 2.02. The minimum atomic E-state index is -0.265. The summed E-state index contributed by atoms with van der Waals surface area (Å²) in [5, 5.41) is 11.7. The number of nitrogens with one attached hydrogen (secondary N) is 1. The molecule has 2 N–H and O–H groups in total. The second-order valence-corrected chi connectivity index (χ2v) is 3.54. The number of alkyl halides is 1. The maximum absolute atomic E-state index is 11.0. The summed E-state index contributed by atoms with van der Waals surface area (Å²) in [5.74, 6) is -0.336. The fourth-order valence-corrected chi connectivity index (χ4v) is 1.40. The zero-order valence-electron chi connectivity index (χ0n) is 8.32. The van der Waals surface area contributed by atoms with Gasteiger partial charge in [0.05, 0.1) is 12.6 Å². The van der Waals surface area contributed by atoms with Crippen molar-refractivity contribution in [2.45, 2.75) is 12.5 Å². The van der Waals surface area contributed by atoms with Crippen LogP contribution in [0.1, 0.15) is 5.56 Å². The number of halogens is 1. The van der Waals surface area contributed by atoms with Gasteiger partial charge in [0, 0.05) is 0 Å². The van der Waals surface area contributed by atoms with E-state index in [2.05, 4.69) is 5.32 Å². The van der Waals surface area contributed by atoms with Crippen molar-refractivity contribution in [2.75, 3.05) is 12.5 Å². The Bertz CT molecular complexity index is 303. The summed E-state index contributed by atoms with van der Waals surface area (Å²) in [5.41, 5.74) is 1.08. The third-order valence-corrected chi connectivity index (χ3v) is 2.27. The van der Waals surface area contributed by atoms with E-state index in [1.807, 2.05) is 30.3 Å². The average molecular weight is 228 g/mol. The average Bonchev–Trinajstić information content (AvgIpc) is 2.29. The van der Waals surface area contributed by atoms with Crippen molar-refractivity contribution in [3.8, 4) is 0 Å². The number of aliphatic hydroxyl groups is 1. The minimum Gasteiger partial charge on any atom is -0.394 e. The predicted octanol–water partition coefficient (Wildman–Crippen LogP) is 0.945. The molecule has 0 saturated carbocycles. The van der Waals surface area contributed by atoms with Crippen molar-refractivity contribution in [2.24, 2.45) is 0 Å². The number of hydrogen-bond acceptors (Lipinski definition) is 2. The van der Waals surface area contributed by atoms with Gasteiger partial charge in [0.15, 0.2) is 0 Å². The van der Waals surface area contributed by atoms with Crippen LogP contribution in [0.2, 0.25) is 0 Å². The molecule has 1 rings (SSSR count). The number of aliphatic hydroxyl groups excluding tert-OH is 1. The zero-order valence-corrected chi connectivity index (χ0v) is 9.07. The van der Waals surface area contributed by atoms with Crippen LogP contribution in [0.25, 0.3) is 0 Å². The van der Waals surface area contributed by atoms with E-state index >= 15 is 0 Å². The summed E-state index contributed by atoms with van der Waals surface area (Å²) < 4.78 is 0. The minimum absolute atomic E-state index is 0.0781. The molecule has 0 aromatic heterocycles. The monoisotopic (exact) mass is 227 g/mol. The number of rotatable bonds is 5. The van der Waals surface area contributed by atoms with Crippen LogP contribution in [0.15, 0.2) is 30.3 Å². The molecule has 1 amide bonds. The van der Waals surface area contributed by atoms with Crippen LogP contribution in [0.4, 0.5) is 0 Å². The third-order valence-electron chi connectivity index (χ3n) is 2.03. The van der Waals surface area contributed by atoms with E-state index in [0.717, 1.165) is 5.56 Å². The molecule has 1 aromatic carbocycles. The van der Waals surface area contributed by atoms with Crippen LogP contribution in [0, 0.1) is 0 Å². The Kier molecular flexibility index (Phi) is 5.15. The lowest BCUT2D eigenvalue weighted by Crippen LogP contribution is -2.39. The molecule has 4 heteroatoms. The van der Waals surface area contributed by atoms with Gasteiger partial charge in [-0.3, -0.25) is 4.79 Å². The first-order valence-corrected chi connectivity index (χ1v) is 5.30. The van der Waals surface area contributed by atoms with Crippen molar-refractivity contribution in [1.29, 1.82) is 0 Å². The van der Waals surface area contributed by atoms with Crippen molar-refractivity contribution in [3.63, 3.8) is 0 Å². The van der Waals surface area contributed by atoms with Crippen LogP contribution < -0.4 is 5.32 Å². The molecule has 15 heavy (non-hydrogen) atoms. The highest BCUT2D eigenvalue weighted by atomic mass is 35.5. The molecule has 0 aliphatic rings. The molecule has 0 bridgehead atoms. The van der Waals surface area contributed by atoms with Gasteiger partial charge >= 0.3 is 0 Å². The van der Waals surface area contributed by atoms with Crippen LogP contribution in [0.5, 0.6) is 0 Å². The molecule has 0 aliphatic heterocycles. The lowest BCUT2D eigenvalue weighted by molar-refractivity contribution is -0.119. The van der Waals surface area contributed by atoms with E-state index in [0.29, 0.717) is 6.42 Å². The number of carbonyl (C=O) groups is 1. The van der Waals surface area contributed by atoms with E-state index in [-0.39, 0.29) is 24.4 Å². The topological polar surface area (TPSA) is 49.3 Å². The fraction of sp³-hybridized carbons (Fsp3) is 0.364. The molecular weight excluding hydrogens is 214 g/mol. The Morgan fingerprint density at radius 2 is 2.07 bits per heavy atom. The van der Waals surface area contributed by atoms with E-state index in [9.17, 15) is 4.79 Å². The van der Waals surface area contributed by atoms with Gasteiger partial charge in [-0.15, -0.1) is 11.6 Å². The van der Waals surface area contributed by atoms with E-state index in [4.69, 9.17) is 16.7 Å². The Morgan fingerprint density at radius 3 is 2.60 bits per heavy atom. The summed E-state index contributed by atoms with van der Waals surface area (Å²) in [4.78, 5) is 11.0. The van der Waals surface area contributed by atoms with Gasteiger partial charge in [-0.1, -0.05) is 30.3 Å². The molecule has 1 aromatic rings. The van der Waals surface area contributed by atoms with Crippen LogP contribution in [0.3, 0.4) is 0 Å². The largest absolute Gasteiger partial charge is 0.394 e. The van der Waals surface area contributed by atoms with Crippen molar-refractivity contribution in [3.05, 3.63) is 35.9 Å². The maximum Gasteiger partial charge on any atom is 0.235 e. The van der Waals surface area contributed by atoms with E-state index in [1.165, 1.54) is 0 Å².